The summed E-state index contributed by atoms with van der Waals surface area (Å²) >= 11 is 0. The van der Waals surface area contributed by atoms with Gasteiger partial charge >= 0.3 is 12.1 Å². The van der Waals surface area contributed by atoms with Crippen molar-refractivity contribution in [2.75, 3.05) is 13.1 Å². The maximum absolute atomic E-state index is 12.9. The molecule has 1 fully saturated rings. The van der Waals surface area contributed by atoms with Crippen LogP contribution in [0.25, 0.3) is 0 Å². The fourth-order valence-corrected chi connectivity index (χ4v) is 3.12. The van der Waals surface area contributed by atoms with Crippen molar-refractivity contribution in [1.82, 2.24) is 4.90 Å². The van der Waals surface area contributed by atoms with Crippen LogP contribution in [0.15, 0.2) is 18.2 Å². The van der Waals surface area contributed by atoms with Gasteiger partial charge in [0, 0.05) is 19.5 Å². The number of aliphatic carboxylic acids is 1. The van der Waals surface area contributed by atoms with Crippen LogP contribution in [0.2, 0.25) is 0 Å². The van der Waals surface area contributed by atoms with E-state index >= 15 is 0 Å². The number of alkyl halides is 3. The van der Waals surface area contributed by atoms with Gasteiger partial charge in [-0.05, 0) is 31.4 Å². The van der Waals surface area contributed by atoms with Gasteiger partial charge in [0.25, 0.3) is 0 Å². The molecule has 0 spiro atoms. The molecule has 1 aliphatic rings. The monoisotopic (exact) mass is 343 g/mol. The lowest BCUT2D eigenvalue weighted by Gasteiger charge is -2.18. The van der Waals surface area contributed by atoms with Gasteiger partial charge in [0.15, 0.2) is 0 Å². The van der Waals surface area contributed by atoms with Crippen molar-refractivity contribution in [3.63, 3.8) is 0 Å². The van der Waals surface area contributed by atoms with Crippen LogP contribution < -0.4 is 0 Å². The van der Waals surface area contributed by atoms with Crippen LogP contribution in [0.4, 0.5) is 13.2 Å². The van der Waals surface area contributed by atoms with E-state index in [1.807, 2.05) is 32.0 Å². The lowest BCUT2D eigenvalue weighted by molar-refractivity contribution is -0.188. The van der Waals surface area contributed by atoms with E-state index in [4.69, 9.17) is 5.11 Å². The SMILES string of the molecule is Cc1ccc(CCC(=O)N2C[C@@H](C(F)(F)F)[C@H](C(=O)O)C2)c(C)c1. The van der Waals surface area contributed by atoms with E-state index in [0.29, 0.717) is 6.42 Å². The van der Waals surface area contributed by atoms with Crippen LogP contribution >= 0.6 is 0 Å². The Morgan fingerprint density at radius 2 is 1.92 bits per heavy atom. The molecule has 7 heteroatoms. The number of amides is 1. The molecule has 2 atom stereocenters. The molecule has 1 N–H and O–H groups in total. The smallest absolute Gasteiger partial charge is 0.394 e. The molecule has 2 rings (SSSR count). The Labute approximate surface area is 138 Å². The van der Waals surface area contributed by atoms with Crippen LogP contribution in [0.5, 0.6) is 0 Å². The minimum Gasteiger partial charge on any atom is -0.481 e. The number of rotatable bonds is 4. The standard InChI is InChI=1S/C17H20F3NO3/c1-10-3-4-12(11(2)7-10)5-6-15(22)21-8-13(16(23)24)14(9-21)17(18,19)20/h3-4,7,13-14H,5-6,8-9H2,1-2H3,(H,23,24)/t13-,14-/m1/s1. The Bertz CT molecular complexity index is 642. The maximum atomic E-state index is 12.9. The first-order valence-corrected chi connectivity index (χ1v) is 7.73. The van der Waals surface area contributed by atoms with Crippen LogP contribution in [0, 0.1) is 25.7 Å². The van der Waals surface area contributed by atoms with E-state index in [1.54, 1.807) is 0 Å². The summed E-state index contributed by atoms with van der Waals surface area (Å²) in [6, 6.07) is 5.80. The number of halogens is 3. The van der Waals surface area contributed by atoms with Gasteiger partial charge in [0.05, 0.1) is 11.8 Å². The Balaban J connectivity index is 2.01. The number of benzene rings is 1. The lowest BCUT2D eigenvalue weighted by atomic mass is 9.96. The second-order valence-electron chi connectivity index (χ2n) is 6.32. The zero-order chi connectivity index (χ0) is 18.1. The van der Waals surface area contributed by atoms with E-state index in [0.717, 1.165) is 21.6 Å². The highest BCUT2D eigenvalue weighted by Gasteiger charge is 2.53. The highest BCUT2D eigenvalue weighted by atomic mass is 19.4. The average Bonchev–Trinajstić information content (AvgIpc) is 2.91. The van der Waals surface area contributed by atoms with Crippen LogP contribution in [-0.4, -0.2) is 41.1 Å². The second kappa shape index (κ2) is 6.83. The number of carbonyl (C=O) groups is 2. The van der Waals surface area contributed by atoms with Crippen molar-refractivity contribution in [3.8, 4) is 0 Å². The van der Waals surface area contributed by atoms with E-state index < -0.39 is 36.4 Å². The van der Waals surface area contributed by atoms with Crippen molar-refractivity contribution in [1.29, 1.82) is 0 Å². The summed E-state index contributed by atoms with van der Waals surface area (Å²) in [4.78, 5) is 24.3. The quantitative estimate of drug-likeness (QED) is 0.914. The molecule has 1 aromatic carbocycles. The molecule has 0 bridgehead atoms. The number of carbonyl (C=O) groups excluding carboxylic acids is 1. The van der Waals surface area contributed by atoms with Crippen molar-refractivity contribution in [2.45, 2.75) is 32.9 Å². The molecule has 132 valence electrons. The molecule has 0 saturated carbocycles. The predicted octanol–water partition coefficient (Wildman–Crippen LogP) is 2.96. The van der Waals surface area contributed by atoms with E-state index in [1.165, 1.54) is 0 Å². The molecule has 0 aromatic heterocycles. The minimum absolute atomic E-state index is 0.0703. The molecule has 1 aliphatic heterocycles. The van der Waals surface area contributed by atoms with Gasteiger partial charge in [-0.2, -0.15) is 13.2 Å². The summed E-state index contributed by atoms with van der Waals surface area (Å²) in [7, 11) is 0. The molecule has 1 heterocycles. The number of hydrogen-bond donors (Lipinski definition) is 1. The van der Waals surface area contributed by atoms with Gasteiger partial charge in [-0.3, -0.25) is 9.59 Å². The van der Waals surface area contributed by atoms with Crippen molar-refractivity contribution >= 4 is 11.9 Å². The zero-order valence-corrected chi connectivity index (χ0v) is 13.6. The molecule has 24 heavy (non-hydrogen) atoms. The lowest BCUT2D eigenvalue weighted by Crippen LogP contribution is -2.34. The van der Waals surface area contributed by atoms with Crippen LogP contribution in [-0.2, 0) is 16.0 Å². The Morgan fingerprint density at radius 3 is 2.42 bits per heavy atom. The highest BCUT2D eigenvalue weighted by Crippen LogP contribution is 2.38. The average molecular weight is 343 g/mol. The third kappa shape index (κ3) is 4.07. The Hall–Kier alpha value is -2.05. The molecule has 0 aliphatic carbocycles. The summed E-state index contributed by atoms with van der Waals surface area (Å²) < 4.78 is 38.8. The topological polar surface area (TPSA) is 57.6 Å². The van der Waals surface area contributed by atoms with Crippen LogP contribution in [0.3, 0.4) is 0 Å². The molecule has 4 nitrogen and oxygen atoms in total. The predicted molar refractivity (Wildman–Crippen MR) is 81.5 cm³/mol. The van der Waals surface area contributed by atoms with E-state index in [9.17, 15) is 22.8 Å². The number of likely N-dealkylation sites (tertiary alicyclic amines) is 1. The molecular weight excluding hydrogens is 323 g/mol. The number of nitrogens with zero attached hydrogens (tertiary/aromatic N) is 1. The van der Waals surface area contributed by atoms with Crippen molar-refractivity contribution in [2.24, 2.45) is 11.8 Å². The Morgan fingerprint density at radius 1 is 1.25 bits per heavy atom. The van der Waals surface area contributed by atoms with Gasteiger partial charge in [0.1, 0.15) is 0 Å². The zero-order valence-electron chi connectivity index (χ0n) is 13.6. The first kappa shape index (κ1) is 18.3. The third-order valence-corrected chi connectivity index (χ3v) is 4.52. The normalized spacial score (nSPS) is 21.1. The minimum atomic E-state index is -4.62. The highest BCUT2D eigenvalue weighted by molar-refractivity contribution is 5.79. The van der Waals surface area contributed by atoms with Gasteiger partial charge in [-0.1, -0.05) is 23.8 Å². The number of aryl methyl sites for hydroxylation is 3. The molecule has 1 amide bonds. The fourth-order valence-electron chi connectivity index (χ4n) is 3.12. The van der Waals surface area contributed by atoms with E-state index in [-0.39, 0.29) is 13.0 Å². The summed E-state index contributed by atoms with van der Waals surface area (Å²) in [5.41, 5.74) is 3.09. The molecule has 1 aromatic rings. The molecule has 1 saturated heterocycles. The number of hydrogen-bond acceptors (Lipinski definition) is 2. The van der Waals surface area contributed by atoms with Gasteiger partial charge in [0.2, 0.25) is 5.91 Å². The van der Waals surface area contributed by atoms with Gasteiger partial charge in [-0.25, -0.2) is 0 Å². The number of carboxylic acid groups (broad SMARTS) is 1. The Kier molecular flexibility index (Phi) is 5.20. The third-order valence-electron chi connectivity index (χ3n) is 4.52. The maximum Gasteiger partial charge on any atom is 0.394 e. The fraction of sp³-hybridized carbons (Fsp3) is 0.529. The first-order valence-electron chi connectivity index (χ1n) is 7.73. The van der Waals surface area contributed by atoms with Crippen molar-refractivity contribution in [3.05, 3.63) is 34.9 Å². The first-order chi connectivity index (χ1) is 11.1. The largest absolute Gasteiger partial charge is 0.481 e. The summed E-state index contributed by atoms with van der Waals surface area (Å²) in [6.07, 6.45) is -4.12. The van der Waals surface area contributed by atoms with Gasteiger partial charge in [-0.15, -0.1) is 0 Å². The second-order valence-corrected chi connectivity index (χ2v) is 6.32. The summed E-state index contributed by atoms with van der Waals surface area (Å²) in [6.45, 7) is 2.91. The number of carboxylic acids is 1. The van der Waals surface area contributed by atoms with E-state index in [2.05, 4.69) is 0 Å². The summed E-state index contributed by atoms with van der Waals surface area (Å²) in [5, 5.41) is 8.98. The van der Waals surface area contributed by atoms with Crippen molar-refractivity contribution < 1.29 is 27.9 Å². The molecule has 0 radical (unpaired) electrons. The molecule has 0 unspecified atom stereocenters. The van der Waals surface area contributed by atoms with Gasteiger partial charge < -0.3 is 10.0 Å². The van der Waals surface area contributed by atoms with Crippen LogP contribution in [0.1, 0.15) is 23.1 Å². The molecular formula is C17H20F3NO3. The summed E-state index contributed by atoms with van der Waals surface area (Å²) in [5.74, 6) is -5.54.